The molecule has 8 nitrogen and oxygen atoms in total. The number of ether oxygens (including phenoxy) is 1. The highest BCUT2D eigenvalue weighted by molar-refractivity contribution is 7.99. The van der Waals surface area contributed by atoms with E-state index in [1.807, 2.05) is 0 Å². The van der Waals surface area contributed by atoms with Crippen LogP contribution in [0.15, 0.2) is 98.5 Å². The number of fused-ring (bicyclic) bond motifs is 2. The van der Waals surface area contributed by atoms with Crippen molar-refractivity contribution in [2.24, 2.45) is 4.99 Å². The van der Waals surface area contributed by atoms with Gasteiger partial charge in [-0.3, -0.25) is 9.45 Å². The van der Waals surface area contributed by atoms with E-state index in [0.29, 0.717) is 13.2 Å². The van der Waals surface area contributed by atoms with Crippen LogP contribution in [0.3, 0.4) is 0 Å². The van der Waals surface area contributed by atoms with Crippen molar-refractivity contribution >= 4 is 33.4 Å². The second kappa shape index (κ2) is 13.2. The Hall–Kier alpha value is -2.73. The molecule has 196 valence electrons. The molecule has 1 fully saturated rings. The number of hydrogen-bond acceptors (Lipinski definition) is 8. The van der Waals surface area contributed by atoms with Gasteiger partial charge in [0.1, 0.15) is 5.84 Å². The zero-order valence-electron chi connectivity index (χ0n) is 20.4. The maximum atomic E-state index is 10.4. The quantitative estimate of drug-likeness (QED) is 0.359. The Balaban J connectivity index is 0.000000270. The largest absolute Gasteiger partial charge is 0.394 e. The molecule has 0 radical (unpaired) electrons. The topological polar surface area (TPSA) is 103 Å². The molecule has 1 saturated heterocycles. The maximum Gasteiger partial charge on any atom is 0.294 e. The van der Waals surface area contributed by atoms with E-state index in [4.69, 9.17) is 19.4 Å². The van der Waals surface area contributed by atoms with Crippen LogP contribution in [0.1, 0.15) is 5.56 Å². The second-order valence-corrected chi connectivity index (χ2v) is 11.0. The average molecular weight is 542 g/mol. The van der Waals surface area contributed by atoms with E-state index in [-0.39, 0.29) is 11.5 Å². The average Bonchev–Trinajstić information content (AvgIpc) is 3.09. The van der Waals surface area contributed by atoms with Crippen LogP contribution in [-0.4, -0.2) is 86.3 Å². The van der Waals surface area contributed by atoms with Crippen LogP contribution in [0.2, 0.25) is 0 Å². The number of rotatable bonds is 6. The predicted octanol–water partition coefficient (Wildman–Crippen LogP) is 3.79. The molecule has 37 heavy (non-hydrogen) atoms. The van der Waals surface area contributed by atoms with E-state index < -0.39 is 10.1 Å². The minimum atomic E-state index is -4.00. The molecule has 0 amide bonds. The first-order valence-corrected chi connectivity index (χ1v) is 14.3. The van der Waals surface area contributed by atoms with Crippen molar-refractivity contribution in [3.8, 4) is 0 Å². The first kappa shape index (κ1) is 27.3. The minimum Gasteiger partial charge on any atom is -0.394 e. The number of aliphatic hydroxyl groups excluding tert-OH is 1. The number of piperazine rings is 1. The lowest BCUT2D eigenvalue weighted by Crippen LogP contribution is -2.49. The monoisotopic (exact) mass is 541 g/mol. The van der Waals surface area contributed by atoms with Crippen LogP contribution in [0, 0.1) is 0 Å². The van der Waals surface area contributed by atoms with Gasteiger partial charge < -0.3 is 14.7 Å². The number of nitrogens with zero attached hydrogens (tertiary/aromatic N) is 3. The SMILES string of the molecule is O=S(=O)(O)c1ccccc1.OCCOCCN1CCN(C2=Nc3ccccc3Sc3ccccc32)CC1. The highest BCUT2D eigenvalue weighted by Gasteiger charge is 2.25. The molecule has 2 aliphatic heterocycles. The van der Waals surface area contributed by atoms with Crippen LogP contribution in [0.5, 0.6) is 0 Å². The summed E-state index contributed by atoms with van der Waals surface area (Å²) in [5.74, 6) is 1.08. The lowest BCUT2D eigenvalue weighted by Gasteiger charge is -2.36. The van der Waals surface area contributed by atoms with Gasteiger partial charge in [0.05, 0.1) is 30.4 Å². The van der Waals surface area contributed by atoms with Crippen molar-refractivity contribution < 1.29 is 22.8 Å². The van der Waals surface area contributed by atoms with Crippen molar-refractivity contribution in [1.82, 2.24) is 9.80 Å². The summed E-state index contributed by atoms with van der Waals surface area (Å²) in [6, 6.07) is 24.4. The van der Waals surface area contributed by atoms with Crippen molar-refractivity contribution in [3.05, 3.63) is 84.4 Å². The lowest BCUT2D eigenvalue weighted by atomic mass is 10.1. The Bertz CT molecular complexity index is 1290. The first-order valence-electron chi connectivity index (χ1n) is 12.1. The van der Waals surface area contributed by atoms with E-state index in [9.17, 15) is 8.42 Å². The zero-order chi connectivity index (χ0) is 26.1. The molecule has 0 aliphatic carbocycles. The molecule has 0 bridgehead atoms. The Labute approximate surface area is 222 Å². The Kier molecular flexibility index (Phi) is 9.73. The fraction of sp³-hybridized carbons (Fsp3) is 0.296. The van der Waals surface area contributed by atoms with E-state index in [0.717, 1.165) is 44.2 Å². The summed E-state index contributed by atoms with van der Waals surface area (Å²) in [4.78, 5) is 12.3. The molecular weight excluding hydrogens is 510 g/mol. The summed E-state index contributed by atoms with van der Waals surface area (Å²) >= 11 is 1.80. The number of aliphatic imine (C=N–C) groups is 1. The molecule has 0 aromatic heterocycles. The third-order valence-electron chi connectivity index (χ3n) is 5.94. The van der Waals surface area contributed by atoms with Crippen LogP contribution >= 0.6 is 11.8 Å². The molecule has 0 spiro atoms. The summed E-state index contributed by atoms with van der Waals surface area (Å²) in [7, 11) is -4.00. The fourth-order valence-corrected chi connectivity index (χ4v) is 5.56. The van der Waals surface area contributed by atoms with E-state index in [2.05, 4.69) is 58.3 Å². The molecule has 0 atom stereocenters. The van der Waals surface area contributed by atoms with Crippen molar-refractivity contribution in [2.75, 3.05) is 52.5 Å². The molecule has 10 heteroatoms. The second-order valence-electron chi connectivity index (χ2n) is 8.45. The molecule has 2 heterocycles. The van der Waals surface area contributed by atoms with Gasteiger partial charge in [0.25, 0.3) is 10.1 Å². The highest BCUT2D eigenvalue weighted by Crippen LogP contribution is 2.40. The fourth-order valence-electron chi connectivity index (χ4n) is 4.05. The van der Waals surface area contributed by atoms with Crippen LogP contribution in [-0.2, 0) is 14.9 Å². The highest BCUT2D eigenvalue weighted by atomic mass is 32.2. The van der Waals surface area contributed by atoms with Crippen molar-refractivity contribution in [1.29, 1.82) is 0 Å². The van der Waals surface area contributed by atoms with Gasteiger partial charge in [0.15, 0.2) is 0 Å². The maximum absolute atomic E-state index is 10.4. The molecule has 3 aromatic rings. The van der Waals surface area contributed by atoms with Gasteiger partial charge in [-0.25, -0.2) is 4.99 Å². The Morgan fingerprint density at radius 1 is 0.838 bits per heavy atom. The van der Waals surface area contributed by atoms with Gasteiger partial charge in [-0.05, 0) is 30.3 Å². The molecule has 0 saturated carbocycles. The molecule has 0 unspecified atom stereocenters. The molecule has 3 aromatic carbocycles. The molecule has 2 N–H and O–H groups in total. The van der Waals surface area contributed by atoms with Crippen molar-refractivity contribution in [2.45, 2.75) is 14.7 Å². The third-order valence-corrected chi connectivity index (χ3v) is 7.95. The van der Waals surface area contributed by atoms with Crippen LogP contribution in [0.4, 0.5) is 5.69 Å². The number of amidine groups is 1. The van der Waals surface area contributed by atoms with Gasteiger partial charge in [-0.1, -0.05) is 60.3 Å². The number of benzene rings is 3. The summed E-state index contributed by atoms with van der Waals surface area (Å²) in [6.07, 6.45) is 0. The number of aliphatic hydroxyl groups is 1. The lowest BCUT2D eigenvalue weighted by molar-refractivity contribution is 0.0652. The van der Waals surface area contributed by atoms with E-state index in [1.165, 1.54) is 27.5 Å². The summed E-state index contributed by atoms with van der Waals surface area (Å²) in [5.41, 5.74) is 2.27. The molecule has 5 rings (SSSR count). The summed E-state index contributed by atoms with van der Waals surface area (Å²) in [5, 5.41) is 8.79. The van der Waals surface area contributed by atoms with Crippen LogP contribution < -0.4 is 0 Å². The smallest absolute Gasteiger partial charge is 0.294 e. The van der Waals surface area contributed by atoms with Crippen molar-refractivity contribution in [3.63, 3.8) is 0 Å². The van der Waals surface area contributed by atoms with Gasteiger partial charge in [0, 0.05) is 48.1 Å². The number of hydrogen-bond donors (Lipinski definition) is 2. The van der Waals surface area contributed by atoms with Gasteiger partial charge >= 0.3 is 0 Å². The van der Waals surface area contributed by atoms with Gasteiger partial charge in [-0.2, -0.15) is 8.42 Å². The summed E-state index contributed by atoms with van der Waals surface area (Å²) < 4.78 is 34.6. The normalized spacial score (nSPS) is 15.5. The van der Waals surface area contributed by atoms with E-state index in [1.54, 1.807) is 30.0 Å². The third kappa shape index (κ3) is 7.64. The Morgan fingerprint density at radius 2 is 1.49 bits per heavy atom. The van der Waals surface area contributed by atoms with Gasteiger partial charge in [-0.15, -0.1) is 0 Å². The molecular formula is C27H31N3O5S2. The summed E-state index contributed by atoms with van der Waals surface area (Å²) in [6.45, 7) is 6.01. The number of para-hydroxylation sites is 1. The van der Waals surface area contributed by atoms with E-state index >= 15 is 0 Å². The minimum absolute atomic E-state index is 0.0741. The standard InChI is InChI=1S/C21H25N3O2S.C6H6O3S/c25-14-16-26-15-13-23-9-11-24(12-10-23)21-17-5-1-3-7-19(17)27-20-8-4-2-6-18(20)22-21;7-10(8,9)6-4-2-1-3-5-6/h1-8,25H,9-16H2;1-5H,(H,7,8,9). The van der Waals surface area contributed by atoms with Gasteiger partial charge in [0.2, 0.25) is 0 Å². The molecule has 2 aliphatic rings. The Morgan fingerprint density at radius 3 is 2.16 bits per heavy atom. The first-order chi connectivity index (χ1) is 18.0. The predicted molar refractivity (Wildman–Crippen MR) is 145 cm³/mol. The zero-order valence-corrected chi connectivity index (χ0v) is 22.1. The van der Waals surface area contributed by atoms with Crippen LogP contribution in [0.25, 0.3) is 0 Å².